The highest BCUT2D eigenvalue weighted by atomic mass is 16.5. The summed E-state index contributed by atoms with van der Waals surface area (Å²) < 4.78 is 10.7. The molecule has 4 N–H and O–H groups in total. The van der Waals surface area contributed by atoms with E-state index in [1.54, 1.807) is 0 Å². The van der Waals surface area contributed by atoms with Gasteiger partial charge in [-0.2, -0.15) is 15.0 Å². The molecule has 1 aliphatic heterocycles. The molecule has 1 atom stereocenters. The molecule has 0 aliphatic carbocycles. The van der Waals surface area contributed by atoms with Gasteiger partial charge in [-0.3, -0.25) is 5.43 Å². The van der Waals surface area contributed by atoms with Crippen LogP contribution in [0.4, 0.5) is 11.9 Å². The van der Waals surface area contributed by atoms with Gasteiger partial charge in [-0.1, -0.05) is 0 Å². The molecule has 8 nitrogen and oxygen atoms in total. The predicted octanol–water partition coefficient (Wildman–Crippen LogP) is 0.147. The summed E-state index contributed by atoms with van der Waals surface area (Å²) in [4.78, 5) is 12.2. The van der Waals surface area contributed by atoms with E-state index < -0.39 is 0 Å². The van der Waals surface area contributed by atoms with Crippen molar-refractivity contribution in [1.29, 1.82) is 0 Å². The molecule has 1 fully saturated rings. The highest BCUT2D eigenvalue weighted by Crippen LogP contribution is 2.14. The molecule has 0 radical (unpaired) electrons. The van der Waals surface area contributed by atoms with E-state index in [0.717, 1.165) is 19.4 Å². The number of nitrogens with zero attached hydrogens (tertiary/aromatic N) is 3. The Hall–Kier alpha value is -1.67. The van der Waals surface area contributed by atoms with E-state index in [1.165, 1.54) is 0 Å². The Morgan fingerprint density at radius 3 is 2.89 bits per heavy atom. The van der Waals surface area contributed by atoms with Gasteiger partial charge in [-0.05, 0) is 19.8 Å². The van der Waals surface area contributed by atoms with Gasteiger partial charge >= 0.3 is 6.01 Å². The molecule has 1 aromatic heterocycles. The molecule has 1 unspecified atom stereocenters. The average Bonchev–Trinajstić information content (AvgIpc) is 2.89. The van der Waals surface area contributed by atoms with Crippen LogP contribution in [0, 0.1) is 0 Å². The Kier molecular flexibility index (Phi) is 4.48. The minimum atomic E-state index is 0.214. The number of hydrazine groups is 1. The lowest BCUT2D eigenvalue weighted by molar-refractivity contribution is 0.120. The number of hydrogen-bond donors (Lipinski definition) is 3. The fraction of sp³-hybridized carbons (Fsp3) is 0.700. The summed E-state index contributed by atoms with van der Waals surface area (Å²) in [6, 6.07) is 0.246. The first-order valence-electron chi connectivity index (χ1n) is 6.02. The van der Waals surface area contributed by atoms with Gasteiger partial charge in [0.05, 0.1) is 12.7 Å². The molecule has 0 bridgehead atoms. The average molecular weight is 254 g/mol. The van der Waals surface area contributed by atoms with Crippen LogP contribution in [0.25, 0.3) is 0 Å². The zero-order valence-corrected chi connectivity index (χ0v) is 10.3. The van der Waals surface area contributed by atoms with Crippen LogP contribution in [0.5, 0.6) is 6.01 Å². The van der Waals surface area contributed by atoms with Gasteiger partial charge < -0.3 is 14.8 Å². The third-order valence-corrected chi connectivity index (χ3v) is 2.53. The second-order valence-electron chi connectivity index (χ2n) is 3.86. The summed E-state index contributed by atoms with van der Waals surface area (Å²) in [5, 5.41) is 3.10. The van der Waals surface area contributed by atoms with Crippen LogP contribution < -0.4 is 21.3 Å². The Labute approximate surface area is 105 Å². The second-order valence-corrected chi connectivity index (χ2v) is 3.86. The number of nitrogen functional groups attached to an aromatic ring is 1. The van der Waals surface area contributed by atoms with Crippen molar-refractivity contribution in [3.05, 3.63) is 0 Å². The van der Waals surface area contributed by atoms with Crippen LogP contribution in [0.3, 0.4) is 0 Å². The van der Waals surface area contributed by atoms with Crippen LogP contribution in [0.1, 0.15) is 19.8 Å². The van der Waals surface area contributed by atoms with Gasteiger partial charge in [0.2, 0.25) is 11.9 Å². The summed E-state index contributed by atoms with van der Waals surface area (Å²) in [6.07, 6.45) is 2.37. The molecule has 18 heavy (non-hydrogen) atoms. The van der Waals surface area contributed by atoms with Gasteiger partial charge in [0.1, 0.15) is 0 Å². The van der Waals surface area contributed by atoms with Crippen LogP contribution >= 0.6 is 0 Å². The quantitative estimate of drug-likeness (QED) is 0.486. The monoisotopic (exact) mass is 254 g/mol. The third kappa shape index (κ3) is 3.41. The van der Waals surface area contributed by atoms with E-state index in [1.807, 2.05) is 6.92 Å². The zero-order chi connectivity index (χ0) is 12.8. The highest BCUT2D eigenvalue weighted by Gasteiger charge is 2.16. The van der Waals surface area contributed by atoms with Gasteiger partial charge in [0, 0.05) is 13.2 Å². The summed E-state index contributed by atoms with van der Waals surface area (Å²) in [6.45, 7) is 3.83. The predicted molar refractivity (Wildman–Crippen MR) is 66.3 cm³/mol. The van der Waals surface area contributed by atoms with Crippen LogP contribution in [0.15, 0.2) is 0 Å². The molecule has 1 aromatic rings. The number of anilines is 2. The van der Waals surface area contributed by atoms with Crippen LogP contribution in [-0.2, 0) is 4.74 Å². The number of nitrogens with two attached hydrogens (primary N) is 1. The lowest BCUT2D eigenvalue weighted by atomic mass is 10.2. The number of ether oxygens (including phenoxy) is 2. The maximum atomic E-state index is 5.50. The Morgan fingerprint density at radius 1 is 1.39 bits per heavy atom. The van der Waals surface area contributed by atoms with Gasteiger partial charge in [-0.15, -0.1) is 0 Å². The molecule has 0 aromatic carbocycles. The van der Waals surface area contributed by atoms with Crippen LogP contribution in [-0.4, -0.2) is 40.8 Å². The first-order chi connectivity index (χ1) is 8.81. The van der Waals surface area contributed by atoms with Gasteiger partial charge in [-0.25, -0.2) is 5.84 Å². The van der Waals surface area contributed by atoms with E-state index in [0.29, 0.717) is 19.1 Å². The maximum absolute atomic E-state index is 5.50. The van der Waals surface area contributed by atoms with Crippen molar-refractivity contribution in [2.45, 2.75) is 25.9 Å². The lowest BCUT2D eigenvalue weighted by Crippen LogP contribution is -2.21. The molecule has 8 heteroatoms. The first kappa shape index (κ1) is 12.8. The van der Waals surface area contributed by atoms with Crippen molar-refractivity contribution in [3.8, 4) is 6.01 Å². The Bertz CT molecular complexity index is 383. The minimum Gasteiger partial charge on any atom is -0.464 e. The van der Waals surface area contributed by atoms with Gasteiger partial charge in [0.25, 0.3) is 0 Å². The van der Waals surface area contributed by atoms with E-state index in [-0.39, 0.29) is 18.1 Å². The van der Waals surface area contributed by atoms with Crippen molar-refractivity contribution >= 4 is 11.9 Å². The summed E-state index contributed by atoms with van der Waals surface area (Å²) in [5.74, 6) is 5.99. The summed E-state index contributed by atoms with van der Waals surface area (Å²) >= 11 is 0. The SMILES string of the molecule is CCOc1nc(NN)nc(NCC2CCCO2)n1. The van der Waals surface area contributed by atoms with E-state index >= 15 is 0 Å². The number of rotatable bonds is 6. The maximum Gasteiger partial charge on any atom is 0.323 e. The first-order valence-corrected chi connectivity index (χ1v) is 6.02. The van der Waals surface area contributed by atoms with E-state index in [2.05, 4.69) is 25.7 Å². The molecule has 1 saturated heterocycles. The highest BCUT2D eigenvalue weighted by molar-refractivity contribution is 5.34. The summed E-state index contributed by atoms with van der Waals surface area (Å²) in [7, 11) is 0. The van der Waals surface area contributed by atoms with Crippen molar-refractivity contribution in [2.75, 3.05) is 30.5 Å². The normalized spacial score (nSPS) is 18.7. The smallest absolute Gasteiger partial charge is 0.323 e. The molecule has 100 valence electrons. The minimum absolute atomic E-state index is 0.214. The largest absolute Gasteiger partial charge is 0.464 e. The molecule has 0 saturated carbocycles. The fourth-order valence-corrected chi connectivity index (χ4v) is 1.70. The topological polar surface area (TPSA) is 107 Å². The van der Waals surface area contributed by atoms with Crippen molar-refractivity contribution in [3.63, 3.8) is 0 Å². The molecule has 2 heterocycles. The van der Waals surface area contributed by atoms with E-state index in [9.17, 15) is 0 Å². The number of aromatic nitrogens is 3. The van der Waals surface area contributed by atoms with E-state index in [4.69, 9.17) is 15.3 Å². The lowest BCUT2D eigenvalue weighted by Gasteiger charge is -2.11. The fourth-order valence-electron chi connectivity index (χ4n) is 1.70. The number of nitrogens with one attached hydrogen (secondary N) is 2. The molecule has 0 spiro atoms. The molecular weight excluding hydrogens is 236 g/mol. The van der Waals surface area contributed by atoms with Crippen molar-refractivity contribution in [2.24, 2.45) is 5.84 Å². The molecule has 0 amide bonds. The zero-order valence-electron chi connectivity index (χ0n) is 10.3. The third-order valence-electron chi connectivity index (χ3n) is 2.53. The van der Waals surface area contributed by atoms with Gasteiger partial charge in [0.15, 0.2) is 0 Å². The number of hydrogen-bond acceptors (Lipinski definition) is 8. The Morgan fingerprint density at radius 2 is 2.22 bits per heavy atom. The van der Waals surface area contributed by atoms with Crippen LogP contribution in [0.2, 0.25) is 0 Å². The van der Waals surface area contributed by atoms with Crippen molar-refractivity contribution in [1.82, 2.24) is 15.0 Å². The summed E-state index contributed by atoms with van der Waals surface area (Å²) in [5.41, 5.74) is 2.38. The standard InChI is InChI=1S/C10H18N6O2/c1-2-17-10-14-8(13-9(15-10)16-11)12-6-7-4-3-5-18-7/h7H,2-6,11H2,1H3,(H2,12,13,14,15,16). The molecule has 2 rings (SSSR count). The molecule has 1 aliphatic rings. The molecular formula is C10H18N6O2. The Balaban J connectivity index is 1.98. The van der Waals surface area contributed by atoms with Crippen molar-refractivity contribution < 1.29 is 9.47 Å². The second kappa shape index (κ2) is 6.31.